The van der Waals surface area contributed by atoms with Gasteiger partial charge in [0.2, 0.25) is 0 Å². The molecular formula is C13H16Cl2N4. The third-order valence-electron chi connectivity index (χ3n) is 3.17. The number of hydrogen-bond donors (Lipinski definition) is 3. The SMILES string of the molecule is N=C(Cl)N(Cc1ccc(Cl)cc1)C(=N)[C@H]1CCCN1. The van der Waals surface area contributed by atoms with E-state index in [0.29, 0.717) is 17.4 Å². The van der Waals surface area contributed by atoms with E-state index >= 15 is 0 Å². The van der Waals surface area contributed by atoms with E-state index in [1.807, 2.05) is 12.1 Å². The Balaban J connectivity index is 2.09. The van der Waals surface area contributed by atoms with Gasteiger partial charge < -0.3 is 5.32 Å². The monoisotopic (exact) mass is 298 g/mol. The Morgan fingerprint density at radius 2 is 2.00 bits per heavy atom. The van der Waals surface area contributed by atoms with Crippen molar-refractivity contribution in [2.45, 2.75) is 25.4 Å². The molecule has 1 aromatic rings. The molecule has 1 aliphatic heterocycles. The highest BCUT2D eigenvalue weighted by molar-refractivity contribution is 6.64. The van der Waals surface area contributed by atoms with Gasteiger partial charge in [-0.05, 0) is 48.7 Å². The van der Waals surface area contributed by atoms with Gasteiger partial charge >= 0.3 is 0 Å². The van der Waals surface area contributed by atoms with Crippen LogP contribution in [0.4, 0.5) is 0 Å². The molecule has 6 heteroatoms. The highest BCUT2D eigenvalue weighted by Crippen LogP contribution is 2.15. The molecule has 0 saturated carbocycles. The Hall–Kier alpha value is -1.10. The van der Waals surface area contributed by atoms with Crippen LogP contribution in [0.5, 0.6) is 0 Å². The van der Waals surface area contributed by atoms with Gasteiger partial charge in [-0.25, -0.2) is 0 Å². The molecule has 1 fully saturated rings. The molecule has 19 heavy (non-hydrogen) atoms. The van der Waals surface area contributed by atoms with Crippen LogP contribution in [-0.4, -0.2) is 28.6 Å². The lowest BCUT2D eigenvalue weighted by atomic mass is 10.1. The van der Waals surface area contributed by atoms with E-state index in [-0.39, 0.29) is 11.3 Å². The first-order valence-electron chi connectivity index (χ1n) is 6.16. The van der Waals surface area contributed by atoms with Crippen molar-refractivity contribution in [1.29, 1.82) is 10.8 Å². The van der Waals surface area contributed by atoms with E-state index in [4.69, 9.17) is 34.0 Å². The van der Waals surface area contributed by atoms with Crippen molar-refractivity contribution in [2.24, 2.45) is 0 Å². The molecular weight excluding hydrogens is 283 g/mol. The second kappa shape index (κ2) is 6.37. The predicted molar refractivity (Wildman–Crippen MR) is 79.3 cm³/mol. The summed E-state index contributed by atoms with van der Waals surface area (Å²) >= 11 is 11.7. The number of hydrogen-bond acceptors (Lipinski definition) is 3. The summed E-state index contributed by atoms with van der Waals surface area (Å²) in [5.41, 5.74) is 0.970. The predicted octanol–water partition coefficient (Wildman–Crippen LogP) is 3.04. The summed E-state index contributed by atoms with van der Waals surface area (Å²) in [6.45, 7) is 1.33. The Kier molecular flexibility index (Phi) is 4.80. The maximum Gasteiger partial charge on any atom is 0.196 e. The maximum absolute atomic E-state index is 8.18. The number of benzene rings is 1. The molecule has 0 aromatic heterocycles. The van der Waals surface area contributed by atoms with Crippen LogP contribution in [0.1, 0.15) is 18.4 Å². The van der Waals surface area contributed by atoms with Gasteiger partial charge in [0, 0.05) is 5.02 Å². The van der Waals surface area contributed by atoms with Crippen molar-refractivity contribution < 1.29 is 0 Å². The summed E-state index contributed by atoms with van der Waals surface area (Å²) in [6, 6.07) is 7.34. The summed E-state index contributed by atoms with van der Waals surface area (Å²) in [6.07, 6.45) is 1.97. The van der Waals surface area contributed by atoms with E-state index < -0.39 is 0 Å². The quantitative estimate of drug-likeness (QED) is 0.456. The van der Waals surface area contributed by atoms with Crippen LogP contribution in [0.25, 0.3) is 0 Å². The van der Waals surface area contributed by atoms with Crippen LogP contribution in [0.2, 0.25) is 5.02 Å². The van der Waals surface area contributed by atoms with Gasteiger partial charge in [-0.2, -0.15) is 0 Å². The average Bonchev–Trinajstić information content (AvgIpc) is 2.91. The standard InChI is InChI=1S/C13H16Cl2N4/c14-10-5-3-9(4-6-10)8-19(13(15)17)12(16)11-2-1-7-18-11/h3-6,11,16-18H,1-2,7-8H2/t11-/m1/s1. The van der Waals surface area contributed by atoms with Gasteiger partial charge in [0.15, 0.2) is 5.29 Å². The lowest BCUT2D eigenvalue weighted by Gasteiger charge is -2.26. The van der Waals surface area contributed by atoms with Crippen molar-refractivity contribution in [2.75, 3.05) is 6.54 Å². The minimum atomic E-state index is -0.131. The van der Waals surface area contributed by atoms with Crippen molar-refractivity contribution in [1.82, 2.24) is 10.2 Å². The van der Waals surface area contributed by atoms with E-state index in [1.165, 1.54) is 4.90 Å². The largest absolute Gasteiger partial charge is 0.307 e. The molecule has 1 heterocycles. The van der Waals surface area contributed by atoms with Gasteiger partial charge in [0.25, 0.3) is 0 Å². The molecule has 3 N–H and O–H groups in total. The first-order valence-corrected chi connectivity index (χ1v) is 6.91. The molecule has 0 amide bonds. The van der Waals surface area contributed by atoms with Crippen molar-refractivity contribution in [3.05, 3.63) is 34.9 Å². The third-order valence-corrected chi connectivity index (χ3v) is 3.63. The minimum Gasteiger partial charge on any atom is -0.307 e. The van der Waals surface area contributed by atoms with Crippen LogP contribution in [0, 0.1) is 10.8 Å². The highest BCUT2D eigenvalue weighted by atomic mass is 35.5. The lowest BCUT2D eigenvalue weighted by Crippen LogP contribution is -2.44. The van der Waals surface area contributed by atoms with Gasteiger partial charge in [0.1, 0.15) is 5.84 Å². The Bertz CT molecular complexity index is 466. The number of amidine groups is 2. The minimum absolute atomic E-state index is 0.00796. The fourth-order valence-corrected chi connectivity index (χ4v) is 2.42. The zero-order valence-electron chi connectivity index (χ0n) is 10.4. The Morgan fingerprint density at radius 3 is 2.53 bits per heavy atom. The summed E-state index contributed by atoms with van der Waals surface area (Å²) in [4.78, 5) is 1.51. The van der Waals surface area contributed by atoms with Crippen LogP contribution < -0.4 is 5.32 Å². The molecule has 0 bridgehead atoms. The zero-order valence-corrected chi connectivity index (χ0v) is 11.9. The van der Waals surface area contributed by atoms with Crippen LogP contribution in [-0.2, 0) is 6.54 Å². The second-order valence-electron chi connectivity index (χ2n) is 4.54. The molecule has 1 aliphatic rings. The number of rotatable bonds is 3. The lowest BCUT2D eigenvalue weighted by molar-refractivity contribution is 0.558. The van der Waals surface area contributed by atoms with Crippen molar-refractivity contribution in [3.8, 4) is 0 Å². The van der Waals surface area contributed by atoms with Gasteiger partial charge in [0.05, 0.1) is 12.6 Å². The van der Waals surface area contributed by atoms with E-state index in [2.05, 4.69) is 5.32 Å². The smallest absolute Gasteiger partial charge is 0.196 e. The van der Waals surface area contributed by atoms with E-state index in [1.54, 1.807) is 12.1 Å². The molecule has 0 spiro atoms. The molecule has 0 radical (unpaired) electrons. The summed E-state index contributed by atoms with van der Waals surface area (Å²) in [5.74, 6) is 0.354. The molecule has 0 aliphatic carbocycles. The van der Waals surface area contributed by atoms with Crippen LogP contribution in [0.15, 0.2) is 24.3 Å². The van der Waals surface area contributed by atoms with Crippen LogP contribution >= 0.6 is 23.2 Å². The van der Waals surface area contributed by atoms with Gasteiger partial charge in [-0.3, -0.25) is 15.7 Å². The molecule has 2 rings (SSSR count). The van der Waals surface area contributed by atoms with Crippen molar-refractivity contribution in [3.63, 3.8) is 0 Å². The number of nitrogens with one attached hydrogen (secondary N) is 3. The number of halogens is 2. The molecule has 1 saturated heterocycles. The van der Waals surface area contributed by atoms with Gasteiger partial charge in [-0.15, -0.1) is 0 Å². The topological polar surface area (TPSA) is 63.0 Å². The fourth-order valence-electron chi connectivity index (χ4n) is 2.14. The molecule has 102 valence electrons. The molecule has 1 aromatic carbocycles. The van der Waals surface area contributed by atoms with E-state index in [0.717, 1.165) is 24.9 Å². The maximum atomic E-state index is 8.18. The third kappa shape index (κ3) is 3.69. The fraction of sp³-hybridized carbons (Fsp3) is 0.385. The first-order chi connectivity index (χ1) is 9.08. The second-order valence-corrected chi connectivity index (χ2v) is 5.33. The highest BCUT2D eigenvalue weighted by Gasteiger charge is 2.25. The van der Waals surface area contributed by atoms with E-state index in [9.17, 15) is 0 Å². The molecule has 1 atom stereocenters. The van der Waals surface area contributed by atoms with Crippen molar-refractivity contribution >= 4 is 34.3 Å². The van der Waals surface area contributed by atoms with Crippen LogP contribution in [0.3, 0.4) is 0 Å². The average molecular weight is 299 g/mol. The molecule has 4 nitrogen and oxygen atoms in total. The first kappa shape index (κ1) is 14.3. The summed E-state index contributed by atoms with van der Waals surface area (Å²) < 4.78 is 0. The number of nitrogens with zero attached hydrogens (tertiary/aromatic N) is 1. The summed E-state index contributed by atoms with van der Waals surface area (Å²) in [7, 11) is 0. The Morgan fingerprint density at radius 1 is 1.32 bits per heavy atom. The Labute approximate surface area is 122 Å². The zero-order chi connectivity index (χ0) is 13.8. The molecule has 0 unspecified atom stereocenters. The summed E-state index contributed by atoms with van der Waals surface area (Å²) in [5, 5.41) is 19.6. The van der Waals surface area contributed by atoms with Gasteiger partial charge in [-0.1, -0.05) is 23.7 Å². The normalized spacial score (nSPS) is 18.3.